The van der Waals surface area contributed by atoms with E-state index in [-0.39, 0.29) is 23.4 Å². The Kier molecular flexibility index (Phi) is 4.64. The summed E-state index contributed by atoms with van der Waals surface area (Å²) in [6.07, 6.45) is -0.761. The fraction of sp³-hybridized carbons (Fsp3) is 0.636. The van der Waals surface area contributed by atoms with E-state index in [2.05, 4.69) is 10.3 Å². The quantitative estimate of drug-likeness (QED) is 0.848. The predicted molar refractivity (Wildman–Crippen MR) is 71.2 cm³/mol. The van der Waals surface area contributed by atoms with Gasteiger partial charge < -0.3 is 13.3 Å². The Hall–Kier alpha value is -1.77. The van der Waals surface area contributed by atoms with Gasteiger partial charge in [0.15, 0.2) is 5.76 Å². The Morgan fingerprint density at radius 1 is 1.40 bits per heavy atom. The van der Waals surface area contributed by atoms with Crippen molar-refractivity contribution in [1.82, 2.24) is 4.98 Å². The number of carbonyl (C=O) groups is 1. The molecule has 0 atom stereocenters. The summed E-state index contributed by atoms with van der Waals surface area (Å²) in [6.45, 7) is 8.01. The highest BCUT2D eigenvalue weighted by Crippen LogP contribution is 2.23. The van der Waals surface area contributed by atoms with Crippen LogP contribution in [0.15, 0.2) is 4.42 Å². The van der Waals surface area contributed by atoms with Crippen LogP contribution in [0.4, 0.5) is 10.8 Å². The van der Waals surface area contributed by atoms with Gasteiger partial charge in [-0.1, -0.05) is 0 Å². The molecule has 1 rings (SSSR count). The number of anilines is 1. The lowest BCUT2D eigenvalue weighted by atomic mass is 10.2. The first-order valence-corrected chi connectivity index (χ1v) is 7.50. The van der Waals surface area contributed by atoms with Gasteiger partial charge in [-0.15, -0.1) is 0 Å². The Morgan fingerprint density at radius 3 is 2.50 bits per heavy atom. The van der Waals surface area contributed by atoms with E-state index in [4.69, 9.17) is 13.3 Å². The van der Waals surface area contributed by atoms with Crippen molar-refractivity contribution in [3.8, 4) is 5.88 Å². The summed E-state index contributed by atoms with van der Waals surface area (Å²) < 4.78 is 37.4. The number of ether oxygens (including phenoxy) is 1. The molecule has 0 aliphatic heterocycles. The lowest BCUT2D eigenvalue weighted by Crippen LogP contribution is -2.27. The molecule has 0 fully saturated rings. The number of aryl methyl sites for hydroxylation is 1. The van der Waals surface area contributed by atoms with Crippen molar-refractivity contribution in [3.05, 3.63) is 5.76 Å². The van der Waals surface area contributed by atoms with Gasteiger partial charge in [0.1, 0.15) is 5.60 Å². The molecule has 0 spiro atoms. The normalized spacial score (nSPS) is 12.1. The van der Waals surface area contributed by atoms with E-state index in [0.29, 0.717) is 0 Å². The van der Waals surface area contributed by atoms with Crippen LogP contribution in [-0.4, -0.2) is 30.8 Å². The lowest BCUT2D eigenvalue weighted by Gasteiger charge is -2.18. The zero-order chi connectivity index (χ0) is 15.6. The maximum Gasteiger partial charge on any atom is 0.415 e. The van der Waals surface area contributed by atoms with Crippen LogP contribution in [0.5, 0.6) is 5.88 Å². The third-order valence-corrected chi connectivity index (χ3v) is 3.04. The monoisotopic (exact) mass is 306 g/mol. The minimum Gasteiger partial charge on any atom is -0.443 e. The Bertz CT molecular complexity index is 585. The van der Waals surface area contributed by atoms with Gasteiger partial charge in [0.2, 0.25) is 0 Å². The molecule has 1 heterocycles. The summed E-state index contributed by atoms with van der Waals surface area (Å²) >= 11 is 0. The van der Waals surface area contributed by atoms with Crippen molar-refractivity contribution < 1.29 is 26.5 Å². The standard InChI is InChI=1S/C11H18N2O6S/c1-6-20(15,16)19-8-7(2)17-9(12-8)13-10(14)18-11(3,4)5/h6H2,1-5H3,(H,12,13,14). The van der Waals surface area contributed by atoms with Gasteiger partial charge in [-0.2, -0.15) is 13.4 Å². The molecule has 1 N–H and O–H groups in total. The molecule has 1 amide bonds. The summed E-state index contributed by atoms with van der Waals surface area (Å²) in [5.74, 6) is -0.278. The van der Waals surface area contributed by atoms with Gasteiger partial charge >= 0.3 is 22.2 Å². The van der Waals surface area contributed by atoms with Crippen LogP contribution in [0.25, 0.3) is 0 Å². The molecular formula is C11H18N2O6S. The van der Waals surface area contributed by atoms with E-state index < -0.39 is 21.8 Å². The molecule has 0 radical (unpaired) electrons. The molecule has 0 saturated carbocycles. The molecule has 20 heavy (non-hydrogen) atoms. The number of carbonyl (C=O) groups excluding carboxylic acids is 1. The molecule has 0 saturated heterocycles. The Morgan fingerprint density at radius 2 is 2.00 bits per heavy atom. The van der Waals surface area contributed by atoms with Crippen LogP contribution < -0.4 is 9.50 Å². The topological polar surface area (TPSA) is 108 Å². The highest BCUT2D eigenvalue weighted by Gasteiger charge is 2.21. The maximum atomic E-state index is 11.5. The third-order valence-electron chi connectivity index (χ3n) is 1.92. The first-order chi connectivity index (χ1) is 9.02. The van der Waals surface area contributed by atoms with E-state index in [1.54, 1.807) is 20.8 Å². The third kappa shape index (κ3) is 5.08. The lowest BCUT2D eigenvalue weighted by molar-refractivity contribution is 0.0631. The highest BCUT2D eigenvalue weighted by atomic mass is 32.2. The summed E-state index contributed by atoms with van der Waals surface area (Å²) in [6, 6.07) is -0.196. The van der Waals surface area contributed by atoms with Crippen molar-refractivity contribution >= 4 is 22.2 Å². The molecule has 0 aliphatic carbocycles. The van der Waals surface area contributed by atoms with Crippen LogP contribution in [-0.2, 0) is 14.9 Å². The fourth-order valence-electron chi connectivity index (χ4n) is 1.08. The molecule has 114 valence electrons. The largest absolute Gasteiger partial charge is 0.443 e. The minimum atomic E-state index is -3.71. The molecule has 0 bridgehead atoms. The number of aromatic nitrogens is 1. The molecule has 1 aromatic rings. The van der Waals surface area contributed by atoms with E-state index in [1.165, 1.54) is 13.8 Å². The van der Waals surface area contributed by atoms with Crippen LogP contribution in [0.2, 0.25) is 0 Å². The number of nitrogens with zero attached hydrogens (tertiary/aromatic N) is 1. The smallest absolute Gasteiger partial charge is 0.415 e. The average Bonchev–Trinajstić information content (AvgIpc) is 2.55. The fourth-order valence-corrected chi connectivity index (χ4v) is 1.60. The maximum absolute atomic E-state index is 11.5. The first-order valence-electron chi connectivity index (χ1n) is 5.92. The Balaban J connectivity index is 2.78. The zero-order valence-electron chi connectivity index (χ0n) is 12.0. The summed E-state index contributed by atoms with van der Waals surface area (Å²) in [5.41, 5.74) is -0.670. The number of amides is 1. The molecule has 0 unspecified atom stereocenters. The van der Waals surface area contributed by atoms with Crippen molar-refractivity contribution in [2.24, 2.45) is 0 Å². The molecule has 1 aromatic heterocycles. The first kappa shape index (κ1) is 16.3. The van der Waals surface area contributed by atoms with E-state index in [1.807, 2.05) is 0 Å². The molecule has 0 aromatic carbocycles. The second kappa shape index (κ2) is 5.70. The van der Waals surface area contributed by atoms with Gasteiger partial charge in [-0.05, 0) is 34.6 Å². The second-order valence-corrected chi connectivity index (χ2v) is 6.80. The van der Waals surface area contributed by atoms with Crippen molar-refractivity contribution in [2.75, 3.05) is 11.1 Å². The van der Waals surface area contributed by atoms with E-state index in [9.17, 15) is 13.2 Å². The summed E-state index contributed by atoms with van der Waals surface area (Å²) in [5, 5.41) is 2.25. The van der Waals surface area contributed by atoms with Crippen LogP contribution in [0, 0.1) is 6.92 Å². The van der Waals surface area contributed by atoms with E-state index >= 15 is 0 Å². The Labute approximate surface area is 117 Å². The summed E-state index contributed by atoms with van der Waals surface area (Å²) in [7, 11) is -3.71. The molecule has 8 nitrogen and oxygen atoms in total. The van der Waals surface area contributed by atoms with E-state index in [0.717, 1.165) is 0 Å². The molecule has 0 aliphatic rings. The highest BCUT2D eigenvalue weighted by molar-refractivity contribution is 7.87. The zero-order valence-corrected chi connectivity index (χ0v) is 12.8. The number of hydrogen-bond donors (Lipinski definition) is 1. The predicted octanol–water partition coefficient (Wildman–Crippen LogP) is 2.06. The summed E-state index contributed by atoms with van der Waals surface area (Å²) in [4.78, 5) is 15.2. The molecule has 9 heteroatoms. The van der Waals surface area contributed by atoms with Gasteiger partial charge in [0.25, 0.3) is 5.88 Å². The second-order valence-electron chi connectivity index (χ2n) is 4.94. The van der Waals surface area contributed by atoms with Crippen LogP contribution in [0.3, 0.4) is 0 Å². The number of hydrogen-bond acceptors (Lipinski definition) is 7. The average molecular weight is 306 g/mol. The van der Waals surface area contributed by atoms with Gasteiger partial charge in [0.05, 0.1) is 5.75 Å². The SMILES string of the molecule is CCS(=O)(=O)Oc1nc(NC(=O)OC(C)(C)C)oc1C. The van der Waals surface area contributed by atoms with Gasteiger partial charge in [-0.3, -0.25) is 0 Å². The number of oxazole rings is 1. The number of nitrogens with one attached hydrogen (secondary N) is 1. The van der Waals surface area contributed by atoms with Crippen molar-refractivity contribution in [3.63, 3.8) is 0 Å². The van der Waals surface area contributed by atoms with Crippen LogP contribution >= 0.6 is 0 Å². The van der Waals surface area contributed by atoms with Crippen molar-refractivity contribution in [2.45, 2.75) is 40.2 Å². The molecular weight excluding hydrogens is 288 g/mol. The van der Waals surface area contributed by atoms with Crippen molar-refractivity contribution in [1.29, 1.82) is 0 Å². The van der Waals surface area contributed by atoms with Gasteiger partial charge in [0, 0.05) is 0 Å². The van der Waals surface area contributed by atoms with Gasteiger partial charge in [-0.25, -0.2) is 10.1 Å². The minimum absolute atomic E-state index is 0.132. The van der Waals surface area contributed by atoms with Crippen LogP contribution in [0.1, 0.15) is 33.5 Å². The number of rotatable bonds is 4.